The molecule has 0 amide bonds. The van der Waals surface area contributed by atoms with Crippen LogP contribution in [0.25, 0.3) is 10.6 Å². The molecule has 0 saturated heterocycles. The van der Waals surface area contributed by atoms with Gasteiger partial charge in [0, 0.05) is 19.3 Å². The number of unbranched alkanes of at least 4 members (excludes halogenated alkanes) is 1. The SMILES string of the molecule is CCCCNc1nnc(-c2ccc(C(C)C)n(C)c2=O)s1. The van der Waals surface area contributed by atoms with Crippen molar-refractivity contribution in [3.8, 4) is 10.6 Å². The van der Waals surface area contributed by atoms with E-state index < -0.39 is 0 Å². The zero-order valence-corrected chi connectivity index (χ0v) is 13.8. The summed E-state index contributed by atoms with van der Waals surface area (Å²) >= 11 is 1.43. The van der Waals surface area contributed by atoms with Gasteiger partial charge in [-0.25, -0.2) is 0 Å². The minimum atomic E-state index is -0.0162. The van der Waals surface area contributed by atoms with Crippen molar-refractivity contribution in [1.29, 1.82) is 0 Å². The Morgan fingerprint density at radius 1 is 1.33 bits per heavy atom. The van der Waals surface area contributed by atoms with Gasteiger partial charge in [-0.15, -0.1) is 10.2 Å². The van der Waals surface area contributed by atoms with Crippen LogP contribution in [0, 0.1) is 0 Å². The van der Waals surface area contributed by atoms with Gasteiger partial charge in [-0.05, 0) is 24.5 Å². The van der Waals surface area contributed by atoms with E-state index in [4.69, 9.17) is 0 Å². The first-order valence-electron chi connectivity index (χ1n) is 7.32. The molecule has 6 heteroatoms. The molecule has 0 aromatic carbocycles. The number of anilines is 1. The summed E-state index contributed by atoms with van der Waals surface area (Å²) in [6.45, 7) is 7.19. The van der Waals surface area contributed by atoms with Crippen LogP contribution in [0.2, 0.25) is 0 Å². The number of nitrogens with one attached hydrogen (secondary N) is 1. The molecule has 21 heavy (non-hydrogen) atoms. The summed E-state index contributed by atoms with van der Waals surface area (Å²) in [6.07, 6.45) is 2.23. The second-order valence-electron chi connectivity index (χ2n) is 5.38. The molecule has 2 aromatic rings. The molecule has 0 spiro atoms. The van der Waals surface area contributed by atoms with E-state index in [1.165, 1.54) is 11.3 Å². The summed E-state index contributed by atoms with van der Waals surface area (Å²) in [5.74, 6) is 0.317. The summed E-state index contributed by atoms with van der Waals surface area (Å²) in [7, 11) is 1.81. The fourth-order valence-electron chi connectivity index (χ4n) is 2.17. The molecule has 0 saturated carbocycles. The molecule has 5 nitrogen and oxygen atoms in total. The van der Waals surface area contributed by atoms with E-state index in [-0.39, 0.29) is 5.56 Å². The van der Waals surface area contributed by atoms with Gasteiger partial charge in [0.2, 0.25) is 5.13 Å². The van der Waals surface area contributed by atoms with Crippen molar-refractivity contribution in [2.24, 2.45) is 7.05 Å². The lowest BCUT2D eigenvalue weighted by Gasteiger charge is -2.11. The van der Waals surface area contributed by atoms with Gasteiger partial charge < -0.3 is 9.88 Å². The predicted molar refractivity (Wildman–Crippen MR) is 88.1 cm³/mol. The number of aromatic nitrogens is 3. The molecule has 0 unspecified atom stereocenters. The maximum Gasteiger partial charge on any atom is 0.260 e. The lowest BCUT2D eigenvalue weighted by atomic mass is 10.1. The van der Waals surface area contributed by atoms with Gasteiger partial charge in [-0.1, -0.05) is 38.5 Å². The highest BCUT2D eigenvalue weighted by atomic mass is 32.1. The molecule has 0 atom stereocenters. The molecule has 1 N–H and O–H groups in total. The molecule has 0 aliphatic rings. The van der Waals surface area contributed by atoms with Crippen molar-refractivity contribution in [2.45, 2.75) is 39.5 Å². The average Bonchev–Trinajstić information content (AvgIpc) is 2.90. The van der Waals surface area contributed by atoms with Crippen LogP contribution < -0.4 is 10.9 Å². The normalized spacial score (nSPS) is 11.1. The van der Waals surface area contributed by atoms with Gasteiger partial charge in [0.1, 0.15) is 0 Å². The summed E-state index contributed by atoms with van der Waals surface area (Å²) < 4.78 is 1.70. The van der Waals surface area contributed by atoms with Crippen LogP contribution in [-0.4, -0.2) is 21.3 Å². The van der Waals surface area contributed by atoms with E-state index in [2.05, 4.69) is 36.3 Å². The monoisotopic (exact) mass is 306 g/mol. The van der Waals surface area contributed by atoms with E-state index in [0.29, 0.717) is 16.5 Å². The lowest BCUT2D eigenvalue weighted by Crippen LogP contribution is -2.22. The molecule has 0 radical (unpaired) electrons. The van der Waals surface area contributed by atoms with Crippen molar-refractivity contribution in [2.75, 3.05) is 11.9 Å². The van der Waals surface area contributed by atoms with Crippen molar-refractivity contribution >= 4 is 16.5 Å². The van der Waals surface area contributed by atoms with E-state index in [0.717, 1.165) is 30.2 Å². The highest BCUT2D eigenvalue weighted by Crippen LogP contribution is 2.25. The van der Waals surface area contributed by atoms with Gasteiger partial charge in [0.05, 0.1) is 5.56 Å². The first-order chi connectivity index (χ1) is 10.0. The van der Waals surface area contributed by atoms with Gasteiger partial charge in [-0.3, -0.25) is 4.79 Å². The van der Waals surface area contributed by atoms with Crippen LogP contribution in [-0.2, 0) is 7.05 Å². The zero-order chi connectivity index (χ0) is 15.4. The lowest BCUT2D eigenvalue weighted by molar-refractivity contribution is 0.708. The molecule has 2 aromatic heterocycles. The second-order valence-corrected chi connectivity index (χ2v) is 6.36. The second kappa shape index (κ2) is 6.85. The summed E-state index contributed by atoms with van der Waals surface area (Å²) in [6, 6.07) is 3.85. The maximum atomic E-state index is 12.4. The summed E-state index contributed by atoms with van der Waals surface area (Å²) in [5.41, 5.74) is 1.62. The Morgan fingerprint density at radius 2 is 2.10 bits per heavy atom. The van der Waals surface area contributed by atoms with Crippen molar-refractivity contribution in [1.82, 2.24) is 14.8 Å². The smallest absolute Gasteiger partial charge is 0.260 e. The Kier molecular flexibility index (Phi) is 5.12. The third-order valence-corrected chi connectivity index (χ3v) is 4.31. The van der Waals surface area contributed by atoms with Crippen LogP contribution in [0.15, 0.2) is 16.9 Å². The predicted octanol–water partition coefficient (Wildman–Crippen LogP) is 3.24. The first-order valence-corrected chi connectivity index (χ1v) is 8.14. The molecule has 0 aliphatic carbocycles. The number of hydrogen-bond donors (Lipinski definition) is 1. The fourth-order valence-corrected chi connectivity index (χ4v) is 2.95. The molecule has 114 valence electrons. The largest absolute Gasteiger partial charge is 0.360 e. The van der Waals surface area contributed by atoms with Gasteiger partial charge in [-0.2, -0.15) is 0 Å². The maximum absolute atomic E-state index is 12.4. The van der Waals surface area contributed by atoms with Crippen LogP contribution >= 0.6 is 11.3 Å². The van der Waals surface area contributed by atoms with Gasteiger partial charge in [0.15, 0.2) is 5.01 Å². The minimum Gasteiger partial charge on any atom is -0.360 e. The Morgan fingerprint density at radius 3 is 2.76 bits per heavy atom. The molecule has 2 rings (SSSR count). The molecule has 2 heterocycles. The summed E-state index contributed by atoms with van der Waals surface area (Å²) in [5, 5.41) is 12.9. The molecule has 0 aliphatic heterocycles. The van der Waals surface area contributed by atoms with Crippen LogP contribution in [0.3, 0.4) is 0 Å². The quantitative estimate of drug-likeness (QED) is 0.832. The van der Waals surface area contributed by atoms with E-state index in [1.807, 2.05) is 19.2 Å². The fraction of sp³-hybridized carbons (Fsp3) is 0.533. The Balaban J connectivity index is 2.27. The topological polar surface area (TPSA) is 59.8 Å². The molecular formula is C15H22N4OS. The van der Waals surface area contributed by atoms with Crippen molar-refractivity contribution in [3.05, 3.63) is 28.2 Å². The van der Waals surface area contributed by atoms with E-state index in [9.17, 15) is 4.79 Å². The number of nitrogens with zero attached hydrogens (tertiary/aromatic N) is 3. The third kappa shape index (κ3) is 3.50. The average molecular weight is 306 g/mol. The van der Waals surface area contributed by atoms with Gasteiger partial charge in [0.25, 0.3) is 5.56 Å². The number of hydrogen-bond acceptors (Lipinski definition) is 5. The van der Waals surface area contributed by atoms with Crippen LogP contribution in [0.1, 0.15) is 45.2 Å². The zero-order valence-electron chi connectivity index (χ0n) is 13.0. The Bertz CT molecular complexity index is 660. The van der Waals surface area contributed by atoms with E-state index >= 15 is 0 Å². The third-order valence-electron chi connectivity index (χ3n) is 3.40. The minimum absolute atomic E-state index is 0.0162. The Hall–Kier alpha value is -1.69. The highest BCUT2D eigenvalue weighted by molar-refractivity contribution is 7.18. The van der Waals surface area contributed by atoms with Crippen molar-refractivity contribution in [3.63, 3.8) is 0 Å². The van der Waals surface area contributed by atoms with Crippen LogP contribution in [0.5, 0.6) is 0 Å². The highest BCUT2D eigenvalue weighted by Gasteiger charge is 2.14. The van der Waals surface area contributed by atoms with Crippen molar-refractivity contribution < 1.29 is 0 Å². The van der Waals surface area contributed by atoms with Crippen LogP contribution in [0.4, 0.5) is 5.13 Å². The number of pyridine rings is 1. The standard InChI is InChI=1S/C15H22N4OS/c1-5-6-9-16-15-18-17-13(21-15)11-7-8-12(10(2)3)19(4)14(11)20/h7-8,10H,5-6,9H2,1-4H3,(H,16,18). The molecular weight excluding hydrogens is 284 g/mol. The Labute approximate surface area is 129 Å². The van der Waals surface area contributed by atoms with Gasteiger partial charge >= 0.3 is 0 Å². The molecule has 0 fully saturated rings. The van der Waals surface area contributed by atoms with E-state index in [1.54, 1.807) is 4.57 Å². The summed E-state index contributed by atoms with van der Waals surface area (Å²) in [4.78, 5) is 12.4. The first kappa shape index (κ1) is 15.7. The number of rotatable bonds is 6. The molecule has 0 bridgehead atoms.